The van der Waals surface area contributed by atoms with Crippen LogP contribution in [-0.2, 0) is 6.54 Å². The van der Waals surface area contributed by atoms with Gasteiger partial charge in [-0.15, -0.1) is 11.3 Å². The van der Waals surface area contributed by atoms with E-state index in [1.807, 2.05) is 37.3 Å². The first-order chi connectivity index (χ1) is 12.4. The number of rotatable bonds is 4. The Morgan fingerprint density at radius 3 is 2.50 bits per heavy atom. The maximum atomic E-state index is 12.8. The summed E-state index contributed by atoms with van der Waals surface area (Å²) in [6.45, 7) is 3.53. The lowest BCUT2D eigenvalue weighted by Crippen LogP contribution is -2.27. The number of ketones is 1. The maximum absolute atomic E-state index is 12.8. The molecule has 0 spiro atoms. The molecule has 0 aliphatic heterocycles. The fraction of sp³-hybridized carbons (Fsp3) is 0.150. The monoisotopic (exact) mass is 364 g/mol. The Hall–Kier alpha value is -3.17. The largest absolute Gasteiger partial charge is 0.494 e. The van der Waals surface area contributed by atoms with E-state index in [2.05, 4.69) is 0 Å². The van der Waals surface area contributed by atoms with Crippen LogP contribution in [0.5, 0.6) is 5.88 Å². The SMILES string of the molecule is Cc1ccc(Cn2c(O)c(C(=O)c3cccs3)c(C)c(C#N)c2=O)cc1. The molecule has 1 aromatic carbocycles. The van der Waals surface area contributed by atoms with Crippen LogP contribution in [0, 0.1) is 25.2 Å². The van der Waals surface area contributed by atoms with E-state index in [4.69, 9.17) is 0 Å². The van der Waals surface area contributed by atoms with Gasteiger partial charge in [-0.3, -0.25) is 14.2 Å². The molecule has 0 atom stereocenters. The van der Waals surface area contributed by atoms with Gasteiger partial charge in [-0.05, 0) is 36.4 Å². The maximum Gasteiger partial charge on any atom is 0.271 e. The van der Waals surface area contributed by atoms with Crippen LogP contribution in [0.4, 0.5) is 0 Å². The number of aromatic hydroxyl groups is 1. The molecule has 0 amide bonds. The average molecular weight is 364 g/mol. The summed E-state index contributed by atoms with van der Waals surface area (Å²) in [6, 6.07) is 12.7. The lowest BCUT2D eigenvalue weighted by Gasteiger charge is -2.15. The Morgan fingerprint density at radius 2 is 1.92 bits per heavy atom. The standard InChI is InChI=1S/C20H16N2O3S/c1-12-5-7-14(8-6-12)11-22-19(24)15(10-21)13(2)17(20(22)25)18(23)16-4-3-9-26-16/h3-9,25H,11H2,1-2H3. The fourth-order valence-electron chi connectivity index (χ4n) is 2.78. The van der Waals surface area contributed by atoms with Crippen LogP contribution in [0.1, 0.15) is 37.5 Å². The number of hydrogen-bond donors (Lipinski definition) is 1. The highest BCUT2D eigenvalue weighted by Crippen LogP contribution is 2.27. The van der Waals surface area contributed by atoms with Gasteiger partial charge in [0.05, 0.1) is 17.0 Å². The predicted octanol–water partition coefficient (Wildman–Crippen LogP) is 3.38. The summed E-state index contributed by atoms with van der Waals surface area (Å²) in [5.41, 5.74) is 1.32. The van der Waals surface area contributed by atoms with Crippen molar-refractivity contribution in [2.45, 2.75) is 20.4 Å². The van der Waals surface area contributed by atoms with Crippen LogP contribution >= 0.6 is 11.3 Å². The zero-order valence-electron chi connectivity index (χ0n) is 14.3. The van der Waals surface area contributed by atoms with Crippen LogP contribution < -0.4 is 5.56 Å². The van der Waals surface area contributed by atoms with Crippen molar-refractivity contribution in [2.24, 2.45) is 0 Å². The molecule has 0 aliphatic rings. The Morgan fingerprint density at radius 1 is 1.23 bits per heavy atom. The summed E-state index contributed by atoms with van der Waals surface area (Å²) in [7, 11) is 0. The first kappa shape index (κ1) is 17.6. The van der Waals surface area contributed by atoms with Crippen LogP contribution in [0.2, 0.25) is 0 Å². The molecule has 0 radical (unpaired) electrons. The summed E-state index contributed by atoms with van der Waals surface area (Å²) < 4.78 is 1.08. The normalized spacial score (nSPS) is 10.5. The van der Waals surface area contributed by atoms with E-state index in [0.717, 1.165) is 15.7 Å². The number of pyridine rings is 1. The molecule has 0 aliphatic carbocycles. The third-order valence-corrected chi connectivity index (χ3v) is 5.10. The molecule has 3 rings (SSSR count). The number of aromatic nitrogens is 1. The van der Waals surface area contributed by atoms with E-state index in [-0.39, 0.29) is 23.2 Å². The van der Waals surface area contributed by atoms with Gasteiger partial charge in [-0.1, -0.05) is 35.9 Å². The number of thiophene rings is 1. The van der Waals surface area contributed by atoms with Crippen molar-refractivity contribution >= 4 is 17.1 Å². The quantitative estimate of drug-likeness (QED) is 0.720. The molecule has 2 aromatic heterocycles. The molecule has 0 saturated heterocycles. The highest BCUT2D eigenvalue weighted by molar-refractivity contribution is 7.12. The van der Waals surface area contributed by atoms with Crippen LogP contribution in [0.3, 0.4) is 0 Å². The Kier molecular flexibility index (Phi) is 4.74. The van der Waals surface area contributed by atoms with Gasteiger partial charge >= 0.3 is 0 Å². The number of hydrogen-bond acceptors (Lipinski definition) is 5. The van der Waals surface area contributed by atoms with Gasteiger partial charge in [0, 0.05) is 0 Å². The Balaban J connectivity index is 2.20. The Labute approximate surface area is 154 Å². The summed E-state index contributed by atoms with van der Waals surface area (Å²) >= 11 is 1.24. The van der Waals surface area contributed by atoms with E-state index in [9.17, 15) is 20.0 Å². The molecule has 130 valence electrons. The number of carbonyl (C=O) groups excluding carboxylic acids is 1. The molecule has 5 nitrogen and oxygen atoms in total. The highest BCUT2D eigenvalue weighted by Gasteiger charge is 2.25. The summed E-state index contributed by atoms with van der Waals surface area (Å²) in [6.07, 6.45) is 0. The second-order valence-electron chi connectivity index (χ2n) is 5.99. The highest BCUT2D eigenvalue weighted by atomic mass is 32.1. The number of nitriles is 1. The van der Waals surface area contributed by atoms with Crippen molar-refractivity contribution in [1.82, 2.24) is 4.57 Å². The van der Waals surface area contributed by atoms with E-state index >= 15 is 0 Å². The molecule has 0 saturated carbocycles. The molecule has 0 unspecified atom stereocenters. The molecule has 2 heterocycles. The minimum Gasteiger partial charge on any atom is -0.494 e. The van der Waals surface area contributed by atoms with Crippen LogP contribution in [-0.4, -0.2) is 15.5 Å². The molecule has 3 aromatic rings. The lowest BCUT2D eigenvalue weighted by molar-refractivity contribution is 0.103. The first-order valence-corrected chi connectivity index (χ1v) is 8.82. The third-order valence-electron chi connectivity index (χ3n) is 4.23. The second kappa shape index (κ2) is 6.98. The zero-order valence-corrected chi connectivity index (χ0v) is 15.1. The van der Waals surface area contributed by atoms with Gasteiger partial charge < -0.3 is 5.11 Å². The zero-order chi connectivity index (χ0) is 18.8. The molecule has 1 N–H and O–H groups in total. The van der Waals surface area contributed by atoms with Crippen molar-refractivity contribution < 1.29 is 9.90 Å². The number of benzene rings is 1. The van der Waals surface area contributed by atoms with Gasteiger partial charge in [0.2, 0.25) is 11.7 Å². The van der Waals surface area contributed by atoms with Crippen molar-refractivity contribution in [3.8, 4) is 11.9 Å². The van der Waals surface area contributed by atoms with Gasteiger partial charge in [0.15, 0.2) is 0 Å². The van der Waals surface area contributed by atoms with Crippen molar-refractivity contribution in [1.29, 1.82) is 5.26 Å². The van der Waals surface area contributed by atoms with Crippen molar-refractivity contribution in [2.75, 3.05) is 0 Å². The molecular formula is C20H16N2O3S. The van der Waals surface area contributed by atoms with E-state index in [0.29, 0.717) is 4.88 Å². The van der Waals surface area contributed by atoms with Gasteiger partial charge in [0.25, 0.3) is 5.56 Å². The minimum absolute atomic E-state index is 0.00397. The lowest BCUT2D eigenvalue weighted by atomic mass is 10.0. The summed E-state index contributed by atoms with van der Waals surface area (Å²) in [5.74, 6) is -0.811. The number of aryl methyl sites for hydroxylation is 1. The molecule has 6 heteroatoms. The van der Waals surface area contributed by atoms with Crippen molar-refractivity contribution in [3.63, 3.8) is 0 Å². The number of carbonyl (C=O) groups is 1. The second-order valence-corrected chi connectivity index (χ2v) is 6.94. The predicted molar refractivity (Wildman–Crippen MR) is 99.9 cm³/mol. The van der Waals surface area contributed by atoms with Crippen molar-refractivity contribution in [3.05, 3.63) is 84.8 Å². The molecule has 0 bridgehead atoms. The smallest absolute Gasteiger partial charge is 0.271 e. The minimum atomic E-state index is -0.606. The topological polar surface area (TPSA) is 83.1 Å². The third kappa shape index (κ3) is 3.05. The molecular weight excluding hydrogens is 348 g/mol. The van der Waals surface area contributed by atoms with E-state index in [1.54, 1.807) is 17.5 Å². The van der Waals surface area contributed by atoms with Crippen LogP contribution in [0.25, 0.3) is 0 Å². The summed E-state index contributed by atoms with van der Waals surface area (Å²) in [4.78, 5) is 25.9. The average Bonchev–Trinajstić information content (AvgIpc) is 3.15. The van der Waals surface area contributed by atoms with Gasteiger partial charge in [-0.2, -0.15) is 5.26 Å². The Bertz CT molecular complexity index is 1070. The summed E-state index contributed by atoms with van der Waals surface area (Å²) in [5, 5.41) is 21.9. The van der Waals surface area contributed by atoms with E-state index < -0.39 is 17.2 Å². The van der Waals surface area contributed by atoms with Gasteiger partial charge in [-0.25, -0.2) is 0 Å². The molecule has 0 fully saturated rings. The van der Waals surface area contributed by atoms with Crippen LogP contribution in [0.15, 0.2) is 46.6 Å². The fourth-order valence-corrected chi connectivity index (χ4v) is 3.45. The molecule has 26 heavy (non-hydrogen) atoms. The first-order valence-electron chi connectivity index (χ1n) is 7.94. The number of nitrogens with zero attached hydrogens (tertiary/aromatic N) is 2. The van der Waals surface area contributed by atoms with E-state index in [1.165, 1.54) is 18.3 Å². The van der Waals surface area contributed by atoms with Gasteiger partial charge in [0.1, 0.15) is 11.6 Å².